The molecular weight excluding hydrogens is 208 g/mol. The number of fused-ring (bicyclic) bond motifs is 1. The molecule has 0 aromatic carbocycles. The molecule has 0 aliphatic carbocycles. The van der Waals surface area contributed by atoms with Crippen molar-refractivity contribution in [2.45, 2.75) is 18.9 Å². The number of nitriles is 1. The average Bonchev–Trinajstić information content (AvgIpc) is 2.29. The molecule has 0 fully saturated rings. The van der Waals surface area contributed by atoms with Gasteiger partial charge in [0.2, 0.25) is 0 Å². The van der Waals surface area contributed by atoms with E-state index in [0.29, 0.717) is 17.9 Å². The van der Waals surface area contributed by atoms with E-state index >= 15 is 0 Å². The lowest BCUT2D eigenvalue weighted by Crippen LogP contribution is -2.33. The maximum Gasteiger partial charge on any atom is 0.337 e. The molecule has 5 nitrogen and oxygen atoms in total. The number of pyridine rings is 1. The van der Waals surface area contributed by atoms with Crippen LogP contribution in [0.15, 0.2) is 12.3 Å². The Kier molecular flexibility index (Phi) is 2.37. The van der Waals surface area contributed by atoms with Gasteiger partial charge in [-0.25, -0.2) is 4.79 Å². The normalized spacial score (nSPS) is 23.2. The lowest BCUT2D eigenvalue weighted by Gasteiger charge is -2.28. The second-order valence-electron chi connectivity index (χ2n) is 3.96. The molecule has 1 atom stereocenters. The second-order valence-corrected chi connectivity index (χ2v) is 3.96. The third-order valence-electron chi connectivity index (χ3n) is 2.69. The number of carbonyl (C=O) groups is 1. The molecule has 5 heteroatoms. The van der Waals surface area contributed by atoms with E-state index in [1.54, 1.807) is 6.92 Å². The summed E-state index contributed by atoms with van der Waals surface area (Å²) in [5, 5.41) is 18.0. The molecule has 2 rings (SSSR count). The van der Waals surface area contributed by atoms with Crippen LogP contribution in [0.2, 0.25) is 0 Å². The molecular formula is C11H10N2O3. The topological polar surface area (TPSA) is 83.2 Å². The molecule has 1 aliphatic heterocycles. The number of nitrogens with zero attached hydrogens (tertiary/aromatic N) is 2. The Hall–Kier alpha value is -1.93. The lowest BCUT2D eigenvalue weighted by atomic mass is 9.82. The molecule has 2 heterocycles. The highest BCUT2D eigenvalue weighted by atomic mass is 16.5. The summed E-state index contributed by atoms with van der Waals surface area (Å²) >= 11 is 0. The van der Waals surface area contributed by atoms with Gasteiger partial charge in [-0.2, -0.15) is 5.26 Å². The van der Waals surface area contributed by atoms with Gasteiger partial charge in [0, 0.05) is 6.20 Å². The van der Waals surface area contributed by atoms with Crippen LogP contribution in [-0.2, 0) is 16.8 Å². The van der Waals surface area contributed by atoms with Crippen LogP contribution in [0.1, 0.15) is 28.5 Å². The quantitative estimate of drug-likeness (QED) is 0.762. The summed E-state index contributed by atoms with van der Waals surface area (Å²) < 4.78 is 5.27. The maximum absolute atomic E-state index is 10.8. The fraction of sp³-hybridized carbons (Fsp3) is 0.364. The monoisotopic (exact) mass is 218 g/mol. The molecule has 1 aromatic heterocycles. The fourth-order valence-electron chi connectivity index (χ4n) is 1.72. The predicted molar refractivity (Wildman–Crippen MR) is 53.8 cm³/mol. The number of aromatic carboxylic acids is 1. The summed E-state index contributed by atoms with van der Waals surface area (Å²) in [7, 11) is 0. The Morgan fingerprint density at radius 3 is 3.12 bits per heavy atom. The van der Waals surface area contributed by atoms with Gasteiger partial charge in [0.05, 0.1) is 30.5 Å². The largest absolute Gasteiger partial charge is 0.478 e. The molecule has 0 saturated carbocycles. The number of ether oxygens (including phenoxy) is 1. The van der Waals surface area contributed by atoms with Crippen LogP contribution in [0.25, 0.3) is 0 Å². The Labute approximate surface area is 92.3 Å². The van der Waals surface area contributed by atoms with Gasteiger partial charge in [-0.1, -0.05) is 0 Å². The van der Waals surface area contributed by atoms with Crippen molar-refractivity contribution < 1.29 is 14.6 Å². The van der Waals surface area contributed by atoms with Gasteiger partial charge in [-0.15, -0.1) is 0 Å². The van der Waals surface area contributed by atoms with Crippen molar-refractivity contribution in [2.75, 3.05) is 6.61 Å². The first-order chi connectivity index (χ1) is 7.57. The summed E-state index contributed by atoms with van der Waals surface area (Å²) in [6.07, 6.45) is 1.29. The summed E-state index contributed by atoms with van der Waals surface area (Å²) in [5.74, 6) is -1.04. The minimum Gasteiger partial charge on any atom is -0.478 e. The van der Waals surface area contributed by atoms with Crippen LogP contribution in [0, 0.1) is 11.3 Å². The van der Waals surface area contributed by atoms with Gasteiger partial charge in [0.15, 0.2) is 0 Å². The smallest absolute Gasteiger partial charge is 0.337 e. The Morgan fingerprint density at radius 2 is 2.50 bits per heavy atom. The summed E-state index contributed by atoms with van der Waals surface area (Å²) in [5.41, 5.74) is 0.579. The van der Waals surface area contributed by atoms with Crippen LogP contribution in [0.4, 0.5) is 0 Å². The number of carboxylic acid groups (broad SMARTS) is 1. The van der Waals surface area contributed by atoms with Crippen molar-refractivity contribution in [3.63, 3.8) is 0 Å². The van der Waals surface area contributed by atoms with E-state index < -0.39 is 11.4 Å². The first-order valence-electron chi connectivity index (χ1n) is 4.78. The molecule has 0 unspecified atom stereocenters. The summed E-state index contributed by atoms with van der Waals surface area (Å²) in [6.45, 7) is 2.31. The Balaban J connectivity index is 2.58. The van der Waals surface area contributed by atoms with Crippen LogP contribution >= 0.6 is 0 Å². The standard InChI is InChI=1S/C11H10N2O3/c1-11(5-12)6-16-4-9-8(11)2-7(3-13-9)10(14)15/h2-3H,4,6H2,1H3,(H,14,15)/t11-/m0/s1. The van der Waals surface area contributed by atoms with Crippen molar-refractivity contribution in [2.24, 2.45) is 0 Å². The molecule has 0 saturated heterocycles. The first-order valence-corrected chi connectivity index (χ1v) is 4.78. The molecule has 0 bridgehead atoms. The molecule has 1 N–H and O–H groups in total. The highest BCUT2D eigenvalue weighted by Gasteiger charge is 2.34. The van der Waals surface area contributed by atoms with Crippen molar-refractivity contribution >= 4 is 5.97 Å². The maximum atomic E-state index is 10.8. The second kappa shape index (κ2) is 3.58. The van der Waals surface area contributed by atoms with E-state index in [1.165, 1.54) is 12.3 Å². The molecule has 0 amide bonds. The fourth-order valence-corrected chi connectivity index (χ4v) is 1.72. The van der Waals surface area contributed by atoms with Gasteiger partial charge < -0.3 is 9.84 Å². The third-order valence-corrected chi connectivity index (χ3v) is 2.69. The van der Waals surface area contributed by atoms with E-state index in [1.807, 2.05) is 0 Å². The molecule has 1 aromatic rings. The van der Waals surface area contributed by atoms with Gasteiger partial charge in [-0.3, -0.25) is 4.98 Å². The van der Waals surface area contributed by atoms with Gasteiger partial charge in [0.1, 0.15) is 5.41 Å². The molecule has 0 radical (unpaired) electrons. The third kappa shape index (κ3) is 1.53. The summed E-state index contributed by atoms with van der Waals surface area (Å²) in [4.78, 5) is 14.9. The van der Waals surface area contributed by atoms with Crippen LogP contribution in [-0.4, -0.2) is 22.7 Å². The van der Waals surface area contributed by atoms with Crippen LogP contribution < -0.4 is 0 Å². The molecule has 0 spiro atoms. The zero-order valence-corrected chi connectivity index (χ0v) is 8.73. The zero-order chi connectivity index (χ0) is 11.8. The van der Waals surface area contributed by atoms with E-state index in [2.05, 4.69) is 11.1 Å². The summed E-state index contributed by atoms with van der Waals surface area (Å²) in [6, 6.07) is 3.66. The predicted octanol–water partition coefficient (Wildman–Crippen LogP) is 1.09. The highest BCUT2D eigenvalue weighted by molar-refractivity contribution is 5.87. The van der Waals surface area contributed by atoms with Gasteiger partial charge in [0.25, 0.3) is 0 Å². The average molecular weight is 218 g/mol. The minimum atomic E-state index is -1.04. The van der Waals surface area contributed by atoms with Crippen molar-refractivity contribution in [1.29, 1.82) is 5.26 Å². The molecule has 16 heavy (non-hydrogen) atoms. The van der Waals surface area contributed by atoms with E-state index in [0.717, 1.165) is 0 Å². The minimum absolute atomic E-state index is 0.0992. The molecule has 1 aliphatic rings. The van der Waals surface area contributed by atoms with Gasteiger partial charge >= 0.3 is 5.97 Å². The van der Waals surface area contributed by atoms with Crippen molar-refractivity contribution in [1.82, 2.24) is 4.98 Å². The van der Waals surface area contributed by atoms with Crippen molar-refractivity contribution in [3.05, 3.63) is 29.1 Å². The lowest BCUT2D eigenvalue weighted by molar-refractivity contribution is 0.0681. The highest BCUT2D eigenvalue weighted by Crippen LogP contribution is 2.31. The van der Waals surface area contributed by atoms with Crippen LogP contribution in [0.5, 0.6) is 0 Å². The SMILES string of the molecule is C[C@]1(C#N)COCc2ncc(C(=O)O)cc21. The number of hydrogen-bond donors (Lipinski definition) is 1. The van der Waals surface area contributed by atoms with Gasteiger partial charge in [-0.05, 0) is 18.6 Å². The zero-order valence-electron chi connectivity index (χ0n) is 8.73. The number of rotatable bonds is 1. The number of hydrogen-bond acceptors (Lipinski definition) is 4. The van der Waals surface area contributed by atoms with Crippen molar-refractivity contribution in [3.8, 4) is 6.07 Å². The van der Waals surface area contributed by atoms with E-state index in [9.17, 15) is 4.79 Å². The first kappa shape index (κ1) is 10.6. The Bertz CT molecular complexity index is 492. The number of carboxylic acids is 1. The van der Waals surface area contributed by atoms with E-state index in [-0.39, 0.29) is 12.2 Å². The molecule has 82 valence electrons. The Morgan fingerprint density at radius 1 is 1.75 bits per heavy atom. The van der Waals surface area contributed by atoms with Crippen LogP contribution in [0.3, 0.4) is 0 Å². The van der Waals surface area contributed by atoms with E-state index in [4.69, 9.17) is 15.1 Å². The number of aromatic nitrogens is 1.